The Morgan fingerprint density at radius 2 is 2.10 bits per heavy atom. The molecule has 0 radical (unpaired) electrons. The number of rotatable bonds is 4. The van der Waals surface area contributed by atoms with Crippen molar-refractivity contribution in [3.63, 3.8) is 0 Å². The minimum absolute atomic E-state index is 0.153. The number of nitrogen functional groups attached to an aromatic ring is 1. The van der Waals surface area contributed by atoms with Gasteiger partial charge in [-0.3, -0.25) is 4.57 Å². The fourth-order valence-corrected chi connectivity index (χ4v) is 2.77. The number of nitrogens with two attached hydrogens (primary N) is 1. The quantitative estimate of drug-likeness (QED) is 0.771. The van der Waals surface area contributed by atoms with E-state index >= 15 is 0 Å². The van der Waals surface area contributed by atoms with Gasteiger partial charge in [0.2, 0.25) is 0 Å². The molecule has 7 heteroatoms. The monoisotopic (exact) mass is 415 g/mol. The number of carbonyl (C=O) groups excluding carboxylic acids is 1. The number of aryl methyl sites for hydroxylation is 1. The molecular formula is C14H15Br2N3O2. The maximum absolute atomic E-state index is 11.9. The summed E-state index contributed by atoms with van der Waals surface area (Å²) in [4.78, 5) is 16.3. The second-order valence-electron chi connectivity index (χ2n) is 4.27. The van der Waals surface area contributed by atoms with Crippen molar-refractivity contribution in [2.75, 3.05) is 12.3 Å². The molecule has 2 aromatic rings. The first kappa shape index (κ1) is 16.0. The van der Waals surface area contributed by atoms with E-state index in [2.05, 4.69) is 36.8 Å². The summed E-state index contributed by atoms with van der Waals surface area (Å²) in [7, 11) is 0. The standard InChI is InChI=1S/C14H15Br2N3O2/c1-3-11-18-12(14(20)21-4-2)13(17)19(11)10-7-8(15)5-6-9(10)16/h5-7H,3-4,17H2,1-2H3. The molecule has 0 aliphatic carbocycles. The van der Waals surface area contributed by atoms with Crippen LogP contribution in [0.5, 0.6) is 0 Å². The van der Waals surface area contributed by atoms with Crippen LogP contribution in [0, 0.1) is 0 Å². The zero-order valence-corrected chi connectivity index (χ0v) is 14.9. The van der Waals surface area contributed by atoms with Crippen molar-refractivity contribution in [2.45, 2.75) is 20.3 Å². The topological polar surface area (TPSA) is 70.1 Å². The molecule has 0 aliphatic heterocycles. The molecule has 0 aliphatic rings. The number of ether oxygens (including phenoxy) is 1. The average molecular weight is 417 g/mol. The number of benzene rings is 1. The summed E-state index contributed by atoms with van der Waals surface area (Å²) in [5.41, 5.74) is 7.10. The van der Waals surface area contributed by atoms with Crippen LogP contribution in [0.2, 0.25) is 0 Å². The lowest BCUT2D eigenvalue weighted by atomic mass is 10.3. The Morgan fingerprint density at radius 1 is 1.38 bits per heavy atom. The first-order valence-corrected chi connectivity index (χ1v) is 8.07. The summed E-state index contributed by atoms with van der Waals surface area (Å²) in [6.07, 6.45) is 0.641. The molecular weight excluding hydrogens is 402 g/mol. The summed E-state index contributed by atoms with van der Waals surface area (Å²) in [5.74, 6) is 0.480. The molecule has 0 saturated carbocycles. The Labute approximate surface area is 139 Å². The number of anilines is 1. The molecule has 0 saturated heterocycles. The minimum Gasteiger partial charge on any atom is -0.461 e. The zero-order valence-electron chi connectivity index (χ0n) is 11.7. The Bertz CT molecular complexity index is 683. The summed E-state index contributed by atoms with van der Waals surface area (Å²) in [6, 6.07) is 5.73. The maximum atomic E-state index is 11.9. The van der Waals surface area contributed by atoms with Gasteiger partial charge in [0, 0.05) is 15.4 Å². The molecule has 1 aromatic carbocycles. The number of nitrogens with zero attached hydrogens (tertiary/aromatic N) is 2. The molecule has 0 unspecified atom stereocenters. The number of hydrogen-bond acceptors (Lipinski definition) is 4. The molecule has 0 fully saturated rings. The summed E-state index contributed by atoms with van der Waals surface area (Å²) < 4.78 is 8.53. The second kappa shape index (κ2) is 6.62. The van der Waals surface area contributed by atoms with Crippen molar-refractivity contribution in [3.8, 4) is 5.69 Å². The predicted molar refractivity (Wildman–Crippen MR) is 88.7 cm³/mol. The highest BCUT2D eigenvalue weighted by Gasteiger charge is 2.22. The lowest BCUT2D eigenvalue weighted by molar-refractivity contribution is 0.0521. The van der Waals surface area contributed by atoms with Gasteiger partial charge in [0.05, 0.1) is 12.3 Å². The predicted octanol–water partition coefficient (Wildman–Crippen LogP) is 3.72. The molecule has 0 atom stereocenters. The Kier molecular flexibility index (Phi) is 5.05. The average Bonchev–Trinajstić information content (AvgIpc) is 2.78. The van der Waals surface area contributed by atoms with Gasteiger partial charge in [-0.1, -0.05) is 22.9 Å². The van der Waals surface area contributed by atoms with E-state index < -0.39 is 5.97 Å². The third kappa shape index (κ3) is 3.13. The molecule has 0 amide bonds. The van der Waals surface area contributed by atoms with E-state index in [4.69, 9.17) is 10.5 Å². The fourth-order valence-electron chi connectivity index (χ4n) is 1.99. The van der Waals surface area contributed by atoms with Crippen LogP contribution in [0.4, 0.5) is 5.82 Å². The van der Waals surface area contributed by atoms with Crippen LogP contribution >= 0.6 is 31.9 Å². The third-order valence-electron chi connectivity index (χ3n) is 2.92. The number of halogens is 2. The van der Waals surface area contributed by atoms with Gasteiger partial charge in [0.15, 0.2) is 5.69 Å². The van der Waals surface area contributed by atoms with E-state index in [1.807, 2.05) is 25.1 Å². The van der Waals surface area contributed by atoms with Gasteiger partial charge in [0.25, 0.3) is 0 Å². The van der Waals surface area contributed by atoms with E-state index in [1.54, 1.807) is 11.5 Å². The fraction of sp³-hybridized carbons (Fsp3) is 0.286. The Morgan fingerprint density at radius 3 is 2.71 bits per heavy atom. The van der Waals surface area contributed by atoms with Crippen LogP contribution in [-0.4, -0.2) is 22.1 Å². The van der Waals surface area contributed by atoms with E-state index in [9.17, 15) is 4.79 Å². The molecule has 0 spiro atoms. The lowest BCUT2D eigenvalue weighted by Gasteiger charge is -2.11. The zero-order chi connectivity index (χ0) is 15.6. The SMILES string of the molecule is CCOC(=O)c1nc(CC)n(-c2cc(Br)ccc2Br)c1N. The minimum atomic E-state index is -0.505. The number of esters is 1. The number of hydrogen-bond donors (Lipinski definition) is 1. The number of carbonyl (C=O) groups is 1. The van der Waals surface area contributed by atoms with E-state index in [1.165, 1.54) is 0 Å². The molecule has 0 bridgehead atoms. The molecule has 112 valence electrons. The Hall–Kier alpha value is -1.34. The third-order valence-corrected chi connectivity index (χ3v) is 4.08. The highest BCUT2D eigenvalue weighted by atomic mass is 79.9. The highest BCUT2D eigenvalue weighted by molar-refractivity contribution is 9.11. The first-order chi connectivity index (χ1) is 9.99. The van der Waals surface area contributed by atoms with Crippen LogP contribution in [0.3, 0.4) is 0 Å². The van der Waals surface area contributed by atoms with Crippen LogP contribution < -0.4 is 5.73 Å². The van der Waals surface area contributed by atoms with Crippen molar-refractivity contribution < 1.29 is 9.53 Å². The van der Waals surface area contributed by atoms with E-state index in [-0.39, 0.29) is 18.1 Å². The largest absolute Gasteiger partial charge is 0.461 e. The molecule has 1 aromatic heterocycles. The molecule has 1 heterocycles. The van der Waals surface area contributed by atoms with Gasteiger partial charge in [0.1, 0.15) is 11.6 Å². The first-order valence-electron chi connectivity index (χ1n) is 6.49. The summed E-state index contributed by atoms with van der Waals surface area (Å²) >= 11 is 6.94. The van der Waals surface area contributed by atoms with Crippen molar-refractivity contribution in [1.29, 1.82) is 0 Å². The number of imidazole rings is 1. The van der Waals surface area contributed by atoms with Crippen molar-refractivity contribution in [2.24, 2.45) is 0 Å². The van der Waals surface area contributed by atoms with Crippen molar-refractivity contribution in [3.05, 3.63) is 38.7 Å². The van der Waals surface area contributed by atoms with Gasteiger partial charge in [-0.15, -0.1) is 0 Å². The van der Waals surface area contributed by atoms with Gasteiger partial charge in [-0.25, -0.2) is 9.78 Å². The smallest absolute Gasteiger partial charge is 0.360 e. The molecule has 21 heavy (non-hydrogen) atoms. The Balaban J connectivity index is 2.63. The summed E-state index contributed by atoms with van der Waals surface area (Å²) in [6.45, 7) is 3.99. The molecule has 2 N–H and O–H groups in total. The van der Waals surface area contributed by atoms with Gasteiger partial charge >= 0.3 is 5.97 Å². The van der Waals surface area contributed by atoms with Crippen molar-refractivity contribution in [1.82, 2.24) is 9.55 Å². The van der Waals surface area contributed by atoms with E-state index in [0.717, 1.165) is 14.6 Å². The van der Waals surface area contributed by atoms with Crippen LogP contribution in [0.1, 0.15) is 30.2 Å². The highest BCUT2D eigenvalue weighted by Crippen LogP contribution is 2.30. The van der Waals surface area contributed by atoms with Crippen LogP contribution in [0.15, 0.2) is 27.1 Å². The second-order valence-corrected chi connectivity index (χ2v) is 6.04. The lowest BCUT2D eigenvalue weighted by Crippen LogP contribution is -2.10. The van der Waals surface area contributed by atoms with Crippen molar-refractivity contribution >= 4 is 43.6 Å². The van der Waals surface area contributed by atoms with Crippen LogP contribution in [-0.2, 0) is 11.2 Å². The molecule has 5 nitrogen and oxygen atoms in total. The number of aromatic nitrogens is 2. The van der Waals surface area contributed by atoms with Crippen LogP contribution in [0.25, 0.3) is 5.69 Å². The van der Waals surface area contributed by atoms with Gasteiger partial charge < -0.3 is 10.5 Å². The van der Waals surface area contributed by atoms with Gasteiger partial charge in [-0.2, -0.15) is 0 Å². The molecule has 2 rings (SSSR count). The normalized spacial score (nSPS) is 10.7. The van der Waals surface area contributed by atoms with Gasteiger partial charge in [-0.05, 0) is 41.1 Å². The maximum Gasteiger partial charge on any atom is 0.360 e. The van der Waals surface area contributed by atoms with E-state index in [0.29, 0.717) is 12.2 Å². The summed E-state index contributed by atoms with van der Waals surface area (Å²) in [5, 5.41) is 0.